The number of halogens is 2. The molecule has 0 fully saturated rings. The number of hydrogen-bond acceptors (Lipinski definition) is 5. The van der Waals surface area contributed by atoms with E-state index in [4.69, 9.17) is 4.74 Å². The summed E-state index contributed by atoms with van der Waals surface area (Å²) < 4.78 is 33.6. The van der Waals surface area contributed by atoms with E-state index < -0.39 is 11.6 Å². The van der Waals surface area contributed by atoms with E-state index >= 15 is 0 Å². The molecule has 0 aliphatic carbocycles. The highest BCUT2D eigenvalue weighted by Gasteiger charge is 2.08. The second-order valence-corrected chi connectivity index (χ2v) is 6.56. The monoisotopic (exact) mass is 387 g/mol. The van der Waals surface area contributed by atoms with Crippen molar-refractivity contribution in [3.63, 3.8) is 0 Å². The number of ether oxygens (including phenoxy) is 1. The Balaban J connectivity index is 1.74. The summed E-state index contributed by atoms with van der Waals surface area (Å²) in [7, 11) is 0. The van der Waals surface area contributed by atoms with E-state index in [2.05, 4.69) is 20.7 Å². The number of rotatable bonds is 8. The highest BCUT2D eigenvalue weighted by Crippen LogP contribution is 2.22. The average Bonchev–Trinajstić information content (AvgIpc) is 3.07. The molecule has 2 N–H and O–H groups in total. The van der Waals surface area contributed by atoms with Crippen molar-refractivity contribution in [1.82, 2.24) is 14.8 Å². The molecule has 3 aromatic rings. The van der Waals surface area contributed by atoms with Crippen LogP contribution in [0, 0.1) is 18.6 Å². The van der Waals surface area contributed by atoms with Gasteiger partial charge in [-0.3, -0.25) is 0 Å². The van der Waals surface area contributed by atoms with Gasteiger partial charge in [-0.15, -0.1) is 5.10 Å². The van der Waals surface area contributed by atoms with E-state index in [-0.39, 0.29) is 11.7 Å². The highest BCUT2D eigenvalue weighted by molar-refractivity contribution is 5.63. The van der Waals surface area contributed by atoms with Crippen molar-refractivity contribution in [1.29, 1.82) is 0 Å². The summed E-state index contributed by atoms with van der Waals surface area (Å²) in [5.74, 6) is -1.02. The molecule has 0 aliphatic rings. The quantitative estimate of drug-likeness (QED) is 0.599. The number of anilines is 3. The fourth-order valence-corrected chi connectivity index (χ4v) is 2.80. The van der Waals surface area contributed by atoms with Gasteiger partial charge in [-0.25, -0.2) is 13.5 Å². The largest absolute Gasteiger partial charge is 0.380 e. The molecule has 0 saturated carbocycles. The van der Waals surface area contributed by atoms with Gasteiger partial charge in [0.1, 0.15) is 18.0 Å². The van der Waals surface area contributed by atoms with Gasteiger partial charge >= 0.3 is 0 Å². The van der Waals surface area contributed by atoms with Crippen LogP contribution in [-0.4, -0.2) is 34.0 Å². The fourth-order valence-electron chi connectivity index (χ4n) is 2.80. The van der Waals surface area contributed by atoms with Gasteiger partial charge < -0.3 is 15.4 Å². The lowest BCUT2D eigenvalue weighted by atomic mass is 10.2. The van der Waals surface area contributed by atoms with Crippen LogP contribution in [0.4, 0.5) is 26.1 Å². The third-order valence-corrected chi connectivity index (χ3v) is 3.92. The normalized spacial score (nSPS) is 12.0. The van der Waals surface area contributed by atoms with Gasteiger partial charge in [0.2, 0.25) is 5.95 Å². The van der Waals surface area contributed by atoms with Crippen LogP contribution in [-0.2, 0) is 4.74 Å². The number of aryl methyl sites for hydroxylation is 1. The van der Waals surface area contributed by atoms with Crippen molar-refractivity contribution in [2.24, 2.45) is 0 Å². The lowest BCUT2D eigenvalue weighted by Gasteiger charge is -2.16. The van der Waals surface area contributed by atoms with E-state index in [9.17, 15) is 8.78 Å². The molecule has 1 unspecified atom stereocenters. The zero-order valence-electron chi connectivity index (χ0n) is 16.0. The van der Waals surface area contributed by atoms with Crippen LogP contribution >= 0.6 is 0 Å². The molecule has 148 valence electrons. The molecule has 28 heavy (non-hydrogen) atoms. The first-order chi connectivity index (χ1) is 13.4. The van der Waals surface area contributed by atoms with Crippen LogP contribution in [0.2, 0.25) is 0 Å². The third kappa shape index (κ3) is 5.26. The summed E-state index contributed by atoms with van der Waals surface area (Å²) in [6.45, 7) is 7.29. The number of aromatic nitrogens is 3. The Hall–Kier alpha value is -3.00. The molecule has 1 atom stereocenters. The molecule has 8 heteroatoms. The third-order valence-electron chi connectivity index (χ3n) is 3.92. The van der Waals surface area contributed by atoms with Gasteiger partial charge in [0.05, 0.1) is 12.3 Å². The first-order valence-electron chi connectivity index (χ1n) is 9.04. The Morgan fingerprint density at radius 2 is 1.79 bits per heavy atom. The minimum Gasteiger partial charge on any atom is -0.380 e. The zero-order valence-corrected chi connectivity index (χ0v) is 16.0. The van der Waals surface area contributed by atoms with Crippen molar-refractivity contribution in [2.45, 2.75) is 26.8 Å². The maximum absolute atomic E-state index is 13.4. The van der Waals surface area contributed by atoms with Gasteiger partial charge in [0.25, 0.3) is 0 Å². The predicted molar refractivity (Wildman–Crippen MR) is 105 cm³/mol. The molecule has 0 amide bonds. The van der Waals surface area contributed by atoms with Gasteiger partial charge in [-0.1, -0.05) is 0 Å². The summed E-state index contributed by atoms with van der Waals surface area (Å²) in [5, 5.41) is 10.8. The molecule has 3 rings (SSSR count). The van der Waals surface area contributed by atoms with Gasteiger partial charge in [0.15, 0.2) is 0 Å². The molecule has 1 aromatic heterocycles. The number of nitrogens with one attached hydrogen (secondary N) is 2. The number of benzene rings is 2. The van der Waals surface area contributed by atoms with Crippen LogP contribution in [0.5, 0.6) is 0 Å². The SMILES string of the molecule is CCOCC(C)Nc1cc(C)cc(Nc2ncn(-c3cc(F)cc(F)c3)n2)c1. The lowest BCUT2D eigenvalue weighted by molar-refractivity contribution is 0.141. The lowest BCUT2D eigenvalue weighted by Crippen LogP contribution is -2.21. The van der Waals surface area contributed by atoms with Crippen molar-refractivity contribution in [3.8, 4) is 5.69 Å². The maximum atomic E-state index is 13.4. The van der Waals surface area contributed by atoms with Gasteiger partial charge in [-0.05, 0) is 56.7 Å². The predicted octanol–water partition coefficient (Wildman–Crippen LogP) is 4.43. The van der Waals surface area contributed by atoms with Gasteiger partial charge in [-0.2, -0.15) is 4.98 Å². The molecule has 2 aromatic carbocycles. The average molecular weight is 387 g/mol. The molecule has 0 radical (unpaired) electrons. The van der Waals surface area contributed by atoms with Crippen LogP contribution in [0.15, 0.2) is 42.7 Å². The smallest absolute Gasteiger partial charge is 0.246 e. The summed E-state index contributed by atoms with van der Waals surface area (Å²) in [6, 6.07) is 9.29. The summed E-state index contributed by atoms with van der Waals surface area (Å²) in [6.07, 6.45) is 1.40. The van der Waals surface area contributed by atoms with E-state index in [0.29, 0.717) is 19.2 Å². The summed E-state index contributed by atoms with van der Waals surface area (Å²) in [5.41, 5.74) is 3.06. The van der Waals surface area contributed by atoms with E-state index in [0.717, 1.165) is 23.0 Å². The Kier molecular flexibility index (Phi) is 6.20. The first kappa shape index (κ1) is 19.8. The molecule has 6 nitrogen and oxygen atoms in total. The second kappa shape index (κ2) is 8.79. The summed E-state index contributed by atoms with van der Waals surface area (Å²) >= 11 is 0. The van der Waals surface area contributed by atoms with Crippen LogP contribution in [0.1, 0.15) is 19.4 Å². The first-order valence-corrected chi connectivity index (χ1v) is 9.04. The molecule has 0 saturated heterocycles. The minimum absolute atomic E-state index is 0.162. The van der Waals surface area contributed by atoms with Crippen LogP contribution < -0.4 is 10.6 Å². The van der Waals surface area contributed by atoms with Gasteiger partial charge in [0, 0.05) is 30.1 Å². The molecular weight excluding hydrogens is 364 g/mol. The van der Waals surface area contributed by atoms with Crippen molar-refractivity contribution < 1.29 is 13.5 Å². The second-order valence-electron chi connectivity index (χ2n) is 6.56. The van der Waals surface area contributed by atoms with E-state index in [1.54, 1.807) is 0 Å². The Morgan fingerprint density at radius 3 is 2.50 bits per heavy atom. The molecule has 0 bridgehead atoms. The van der Waals surface area contributed by atoms with Crippen LogP contribution in [0.3, 0.4) is 0 Å². The van der Waals surface area contributed by atoms with Crippen molar-refractivity contribution >= 4 is 17.3 Å². The van der Waals surface area contributed by atoms with E-state index in [1.807, 2.05) is 39.0 Å². The van der Waals surface area contributed by atoms with E-state index in [1.165, 1.54) is 23.1 Å². The maximum Gasteiger partial charge on any atom is 0.246 e. The standard InChI is InChI=1S/C20H23F2N5O/c1-4-28-11-14(3)24-17-5-13(2)6-18(10-17)25-20-23-12-27(26-20)19-8-15(21)7-16(22)9-19/h5-10,12,14,24H,4,11H2,1-3H3,(H,25,26). The Labute approximate surface area is 162 Å². The number of nitrogens with zero attached hydrogens (tertiary/aromatic N) is 3. The Morgan fingerprint density at radius 1 is 1.07 bits per heavy atom. The Bertz CT molecular complexity index is 924. The topological polar surface area (TPSA) is 64.0 Å². The molecule has 0 aliphatic heterocycles. The highest BCUT2D eigenvalue weighted by atomic mass is 19.1. The molecule has 0 spiro atoms. The molecule has 1 heterocycles. The van der Waals surface area contributed by atoms with Crippen molar-refractivity contribution in [2.75, 3.05) is 23.8 Å². The number of hydrogen-bond donors (Lipinski definition) is 2. The van der Waals surface area contributed by atoms with Crippen LogP contribution in [0.25, 0.3) is 5.69 Å². The van der Waals surface area contributed by atoms with Crippen molar-refractivity contribution in [3.05, 3.63) is 59.9 Å². The fraction of sp³-hybridized carbons (Fsp3) is 0.300. The molecular formula is C20H23F2N5O. The zero-order chi connectivity index (χ0) is 20.1. The summed E-state index contributed by atoms with van der Waals surface area (Å²) in [4.78, 5) is 4.16. The minimum atomic E-state index is -0.671.